The predicted octanol–water partition coefficient (Wildman–Crippen LogP) is 1.45. The summed E-state index contributed by atoms with van der Waals surface area (Å²) in [5.41, 5.74) is 0.732. The van der Waals surface area contributed by atoms with Crippen LogP contribution in [0.5, 0.6) is 5.75 Å². The van der Waals surface area contributed by atoms with Crippen molar-refractivity contribution >= 4 is 17.7 Å². The van der Waals surface area contributed by atoms with Crippen molar-refractivity contribution in [2.75, 3.05) is 26.6 Å². The molecule has 0 unspecified atom stereocenters. The molecule has 1 amide bonds. The largest absolute Gasteiger partial charge is 0.491 e. The van der Waals surface area contributed by atoms with Gasteiger partial charge in [-0.25, -0.2) is 4.98 Å². The van der Waals surface area contributed by atoms with E-state index in [1.807, 2.05) is 6.26 Å². The first-order valence-electron chi connectivity index (χ1n) is 7.26. The highest BCUT2D eigenvalue weighted by Crippen LogP contribution is 2.13. The molecule has 2 aromatic rings. The smallest absolute Gasteiger partial charge is 0.251 e. The quantitative estimate of drug-likeness (QED) is 0.426. The van der Waals surface area contributed by atoms with Crippen LogP contribution in [0.4, 0.5) is 0 Å². The summed E-state index contributed by atoms with van der Waals surface area (Å²) in [6.07, 6.45) is 1.82. The molecule has 0 spiro atoms. The van der Waals surface area contributed by atoms with Crippen molar-refractivity contribution < 1.29 is 14.3 Å². The number of nitrogens with one attached hydrogen (secondary N) is 2. The molecule has 0 radical (unpaired) electrons. The fraction of sp³-hybridized carbons (Fsp3) is 0.312. The molecule has 128 valence electrons. The van der Waals surface area contributed by atoms with Gasteiger partial charge in [0.15, 0.2) is 5.16 Å². The van der Waals surface area contributed by atoms with Gasteiger partial charge in [0.25, 0.3) is 11.5 Å². The molecule has 0 saturated heterocycles. The highest BCUT2D eigenvalue weighted by Gasteiger charge is 2.08. The zero-order valence-electron chi connectivity index (χ0n) is 13.5. The van der Waals surface area contributed by atoms with Crippen LogP contribution >= 0.6 is 11.8 Å². The Morgan fingerprint density at radius 1 is 1.33 bits per heavy atom. The number of nitrogens with zero attached hydrogens (tertiary/aromatic N) is 1. The Hall–Kier alpha value is -2.32. The Bertz CT molecular complexity index is 748. The summed E-state index contributed by atoms with van der Waals surface area (Å²) in [7, 11) is 1.60. The molecule has 0 bridgehead atoms. The Kier molecular flexibility index (Phi) is 6.83. The highest BCUT2D eigenvalue weighted by molar-refractivity contribution is 7.98. The number of H-pyrrole nitrogens is 1. The van der Waals surface area contributed by atoms with Crippen LogP contribution < -0.4 is 15.6 Å². The molecule has 0 atom stereocenters. The summed E-state index contributed by atoms with van der Waals surface area (Å²) in [6.45, 7) is 1.06. The number of hydrogen-bond acceptors (Lipinski definition) is 6. The van der Waals surface area contributed by atoms with Gasteiger partial charge in [0.2, 0.25) is 0 Å². The topological polar surface area (TPSA) is 93.3 Å². The van der Waals surface area contributed by atoms with Crippen molar-refractivity contribution in [2.24, 2.45) is 0 Å². The summed E-state index contributed by atoms with van der Waals surface area (Å²) in [5.74, 6) is 0.332. The first-order chi connectivity index (χ1) is 11.6. The van der Waals surface area contributed by atoms with Gasteiger partial charge in [-0.05, 0) is 24.5 Å². The third-order valence-corrected chi connectivity index (χ3v) is 3.63. The third-order valence-electron chi connectivity index (χ3n) is 3.05. The molecular weight excluding hydrogens is 330 g/mol. The number of carbonyl (C=O) groups excluding carboxylic acids is 1. The molecule has 24 heavy (non-hydrogen) atoms. The number of rotatable bonds is 8. The molecule has 0 fully saturated rings. The Labute approximate surface area is 143 Å². The number of amides is 1. The van der Waals surface area contributed by atoms with Gasteiger partial charge in [-0.1, -0.05) is 17.8 Å². The maximum Gasteiger partial charge on any atom is 0.251 e. The molecule has 0 aliphatic heterocycles. The average molecular weight is 349 g/mol. The number of ether oxygens (including phenoxy) is 2. The molecule has 8 heteroatoms. The van der Waals surface area contributed by atoms with Crippen molar-refractivity contribution in [3.63, 3.8) is 0 Å². The minimum atomic E-state index is -0.264. The van der Waals surface area contributed by atoms with Gasteiger partial charge in [-0.2, -0.15) is 0 Å². The van der Waals surface area contributed by atoms with Gasteiger partial charge in [-0.3, -0.25) is 9.59 Å². The molecule has 2 rings (SSSR count). The molecule has 0 aliphatic rings. The van der Waals surface area contributed by atoms with Crippen molar-refractivity contribution in [1.82, 2.24) is 15.3 Å². The van der Waals surface area contributed by atoms with Crippen molar-refractivity contribution in [3.05, 3.63) is 51.9 Å². The van der Waals surface area contributed by atoms with Gasteiger partial charge >= 0.3 is 0 Å². The normalized spacial score (nSPS) is 10.4. The first-order valence-corrected chi connectivity index (χ1v) is 8.49. The van der Waals surface area contributed by atoms with E-state index in [0.29, 0.717) is 35.4 Å². The van der Waals surface area contributed by atoms with Crippen molar-refractivity contribution in [3.8, 4) is 5.75 Å². The zero-order valence-corrected chi connectivity index (χ0v) is 14.3. The molecule has 7 nitrogen and oxygen atoms in total. The minimum Gasteiger partial charge on any atom is -0.491 e. The molecule has 2 N–H and O–H groups in total. The Morgan fingerprint density at radius 3 is 2.92 bits per heavy atom. The summed E-state index contributed by atoms with van der Waals surface area (Å²) >= 11 is 1.33. The number of thioether (sulfide) groups is 1. The molecule has 0 aliphatic carbocycles. The van der Waals surface area contributed by atoms with Crippen LogP contribution in [0.3, 0.4) is 0 Å². The number of methoxy groups -OCH3 is 1. The molecule has 0 saturated carbocycles. The SMILES string of the molecule is COCCOc1cccc(C(=O)NCc2cc(=O)[nH]c(SC)n2)c1. The van der Waals surface area contributed by atoms with E-state index in [9.17, 15) is 9.59 Å². The lowest BCUT2D eigenvalue weighted by Crippen LogP contribution is -2.24. The minimum absolute atomic E-state index is 0.172. The van der Waals surface area contributed by atoms with E-state index in [1.54, 1.807) is 31.4 Å². The van der Waals surface area contributed by atoms with Crippen LogP contribution in [0.15, 0.2) is 40.3 Å². The fourth-order valence-electron chi connectivity index (χ4n) is 1.91. The van der Waals surface area contributed by atoms with E-state index in [4.69, 9.17) is 9.47 Å². The number of aromatic nitrogens is 2. The summed E-state index contributed by atoms with van der Waals surface area (Å²) in [5, 5.41) is 3.26. The lowest BCUT2D eigenvalue weighted by molar-refractivity contribution is 0.0949. The molecular formula is C16H19N3O4S. The molecule has 1 aromatic carbocycles. The second kappa shape index (κ2) is 9.09. The summed E-state index contributed by atoms with van der Waals surface area (Å²) in [4.78, 5) is 30.6. The van der Waals surface area contributed by atoms with Crippen LogP contribution in [0.1, 0.15) is 16.1 Å². The van der Waals surface area contributed by atoms with E-state index >= 15 is 0 Å². The van der Waals surface area contributed by atoms with Crippen molar-refractivity contribution in [1.29, 1.82) is 0 Å². The maximum atomic E-state index is 12.2. The van der Waals surface area contributed by atoms with E-state index in [0.717, 1.165) is 0 Å². The van der Waals surface area contributed by atoms with Gasteiger partial charge in [-0.15, -0.1) is 0 Å². The number of aromatic amines is 1. The van der Waals surface area contributed by atoms with E-state index in [-0.39, 0.29) is 18.0 Å². The van der Waals surface area contributed by atoms with E-state index in [2.05, 4.69) is 15.3 Å². The first kappa shape index (κ1) is 18.0. The lowest BCUT2D eigenvalue weighted by atomic mass is 10.2. The van der Waals surface area contributed by atoms with Gasteiger partial charge in [0, 0.05) is 18.7 Å². The van der Waals surface area contributed by atoms with Gasteiger partial charge in [0.05, 0.1) is 18.8 Å². The van der Waals surface area contributed by atoms with E-state index < -0.39 is 0 Å². The second-order valence-electron chi connectivity index (χ2n) is 4.80. The zero-order chi connectivity index (χ0) is 17.4. The number of hydrogen-bond donors (Lipinski definition) is 2. The van der Waals surface area contributed by atoms with Crippen LogP contribution in [0.25, 0.3) is 0 Å². The van der Waals surface area contributed by atoms with Crippen LogP contribution in [-0.4, -0.2) is 42.5 Å². The van der Waals surface area contributed by atoms with E-state index in [1.165, 1.54) is 17.8 Å². The van der Waals surface area contributed by atoms with Gasteiger partial charge < -0.3 is 19.8 Å². The molecule has 1 aromatic heterocycles. The summed E-state index contributed by atoms with van der Waals surface area (Å²) < 4.78 is 10.4. The lowest BCUT2D eigenvalue weighted by Gasteiger charge is -2.08. The molecule has 1 heterocycles. The number of carbonyl (C=O) groups is 1. The van der Waals surface area contributed by atoms with Crippen LogP contribution in [0, 0.1) is 0 Å². The summed E-state index contributed by atoms with van der Waals surface area (Å²) in [6, 6.07) is 8.23. The Balaban J connectivity index is 1.98. The van der Waals surface area contributed by atoms with Crippen molar-refractivity contribution in [2.45, 2.75) is 11.7 Å². The van der Waals surface area contributed by atoms with Gasteiger partial charge in [0.1, 0.15) is 12.4 Å². The highest BCUT2D eigenvalue weighted by atomic mass is 32.2. The predicted molar refractivity (Wildman–Crippen MR) is 91.6 cm³/mol. The maximum absolute atomic E-state index is 12.2. The monoisotopic (exact) mass is 349 g/mol. The van der Waals surface area contributed by atoms with Crippen LogP contribution in [-0.2, 0) is 11.3 Å². The van der Waals surface area contributed by atoms with Crippen LogP contribution in [0.2, 0.25) is 0 Å². The standard InChI is InChI=1S/C16H19N3O4S/c1-22-6-7-23-13-5-3-4-11(8-13)15(21)17-10-12-9-14(20)19-16(18-12)24-2/h3-5,8-9H,6-7,10H2,1-2H3,(H,17,21)(H,18,19,20). The second-order valence-corrected chi connectivity index (χ2v) is 5.59. The Morgan fingerprint density at radius 2 is 2.17 bits per heavy atom. The average Bonchev–Trinajstić information content (AvgIpc) is 2.59. The number of benzene rings is 1. The fourth-order valence-corrected chi connectivity index (χ4v) is 2.32. The third kappa shape index (κ3) is 5.39.